The first kappa shape index (κ1) is 23.1. The van der Waals surface area contributed by atoms with Gasteiger partial charge in [0.25, 0.3) is 5.56 Å². The summed E-state index contributed by atoms with van der Waals surface area (Å²) in [7, 11) is 3.27. The molecule has 1 aromatic rings. The third-order valence-electron chi connectivity index (χ3n) is 6.48. The molecule has 1 aliphatic heterocycles. The Morgan fingerprint density at radius 1 is 1.18 bits per heavy atom. The van der Waals surface area contributed by atoms with Crippen molar-refractivity contribution in [3.8, 4) is 0 Å². The molecule has 0 unspecified atom stereocenters. The third-order valence-corrected chi connectivity index (χ3v) is 7.40. The highest BCUT2D eigenvalue weighted by atomic mass is 32.1. The number of H-pyrrole nitrogens is 1. The van der Waals surface area contributed by atoms with Crippen molar-refractivity contribution in [2.24, 2.45) is 0 Å². The lowest BCUT2D eigenvalue weighted by atomic mass is 9.94. The van der Waals surface area contributed by atoms with Gasteiger partial charge >= 0.3 is 0 Å². The predicted molar refractivity (Wildman–Crippen MR) is 133 cm³/mol. The maximum atomic E-state index is 13.6. The number of aromatic amines is 1. The molecule has 2 heterocycles. The van der Waals surface area contributed by atoms with E-state index >= 15 is 0 Å². The average Bonchev–Trinajstić information content (AvgIpc) is 3.62. The molecule has 2 aliphatic carbocycles. The number of ether oxygens (including phenoxy) is 2. The Hall–Kier alpha value is -3.06. The Morgan fingerprint density at radius 2 is 1.94 bits per heavy atom. The van der Waals surface area contributed by atoms with Crippen LogP contribution >= 0.6 is 11.5 Å². The topological polar surface area (TPSA) is 71.6 Å². The fourth-order valence-electron chi connectivity index (χ4n) is 4.23. The second-order valence-corrected chi connectivity index (χ2v) is 9.27. The fraction of sp³-hybridized carbons (Fsp3) is 0.385. The van der Waals surface area contributed by atoms with Gasteiger partial charge in [-0.25, -0.2) is 0 Å². The van der Waals surface area contributed by atoms with Gasteiger partial charge in [0.05, 0.1) is 14.2 Å². The number of allylic oxidation sites excluding steroid dienone is 8. The van der Waals surface area contributed by atoms with E-state index in [0.717, 1.165) is 45.9 Å². The molecule has 1 fully saturated rings. The second-order valence-electron chi connectivity index (χ2n) is 8.47. The van der Waals surface area contributed by atoms with Crippen molar-refractivity contribution in [2.75, 3.05) is 25.7 Å². The van der Waals surface area contributed by atoms with E-state index in [2.05, 4.69) is 15.3 Å². The van der Waals surface area contributed by atoms with Crippen LogP contribution in [0.5, 0.6) is 0 Å². The number of Topliss-reactive ketones (excluding diaryl/α,β-unsaturated/α-hetero) is 1. The highest BCUT2D eigenvalue weighted by molar-refractivity contribution is 7.10. The first-order valence-corrected chi connectivity index (χ1v) is 12.0. The van der Waals surface area contributed by atoms with Gasteiger partial charge in [-0.2, -0.15) is 0 Å². The van der Waals surface area contributed by atoms with E-state index in [1.165, 1.54) is 11.5 Å². The van der Waals surface area contributed by atoms with Crippen molar-refractivity contribution in [1.82, 2.24) is 4.37 Å². The molecule has 0 saturated heterocycles. The maximum Gasteiger partial charge on any atom is 0.271 e. The summed E-state index contributed by atoms with van der Waals surface area (Å²) < 4.78 is 13.7. The van der Waals surface area contributed by atoms with Gasteiger partial charge in [-0.1, -0.05) is 18.2 Å². The predicted octanol–water partition coefficient (Wildman–Crippen LogP) is 5.20. The van der Waals surface area contributed by atoms with Crippen LogP contribution in [0.3, 0.4) is 0 Å². The summed E-state index contributed by atoms with van der Waals surface area (Å²) in [4.78, 5) is 28.4. The minimum atomic E-state index is -0.299. The first-order valence-electron chi connectivity index (χ1n) is 11.2. The van der Waals surface area contributed by atoms with Crippen LogP contribution < -0.4 is 10.5 Å². The summed E-state index contributed by atoms with van der Waals surface area (Å²) in [6.45, 7) is 6.64. The largest absolute Gasteiger partial charge is 0.497 e. The van der Waals surface area contributed by atoms with Crippen molar-refractivity contribution in [3.63, 3.8) is 0 Å². The van der Waals surface area contributed by atoms with Crippen molar-refractivity contribution in [2.45, 2.75) is 46.1 Å². The van der Waals surface area contributed by atoms with Gasteiger partial charge < -0.3 is 14.4 Å². The van der Waals surface area contributed by atoms with Crippen LogP contribution in [0.2, 0.25) is 0 Å². The van der Waals surface area contributed by atoms with E-state index in [-0.39, 0.29) is 16.9 Å². The molecule has 7 heteroatoms. The molecule has 33 heavy (non-hydrogen) atoms. The second kappa shape index (κ2) is 9.43. The molecular formula is C26H30N2O4S. The Labute approximate surface area is 198 Å². The zero-order valence-corrected chi connectivity index (χ0v) is 20.6. The number of ketones is 1. The number of fused-ring (bicyclic) bond motifs is 1. The highest BCUT2D eigenvalue weighted by Crippen LogP contribution is 2.40. The molecule has 3 aliphatic rings. The van der Waals surface area contributed by atoms with E-state index in [1.807, 2.05) is 45.1 Å². The molecule has 0 bridgehead atoms. The number of carbonyl (C=O) groups is 1. The Morgan fingerprint density at radius 3 is 2.58 bits per heavy atom. The molecule has 1 saturated carbocycles. The summed E-state index contributed by atoms with van der Waals surface area (Å²) in [6.07, 6.45) is 12.7. The zero-order valence-electron chi connectivity index (χ0n) is 19.8. The fourth-order valence-corrected chi connectivity index (χ4v) is 5.14. The molecule has 4 rings (SSSR count). The Balaban J connectivity index is 1.75. The lowest BCUT2D eigenvalue weighted by molar-refractivity contribution is 0.103. The van der Waals surface area contributed by atoms with E-state index in [4.69, 9.17) is 9.47 Å². The van der Waals surface area contributed by atoms with Gasteiger partial charge in [-0.05, 0) is 79.6 Å². The van der Waals surface area contributed by atoms with Gasteiger partial charge in [-0.3, -0.25) is 14.0 Å². The molecule has 0 aromatic carbocycles. The van der Waals surface area contributed by atoms with E-state index in [0.29, 0.717) is 30.3 Å². The first-order chi connectivity index (χ1) is 15.9. The van der Waals surface area contributed by atoms with Gasteiger partial charge in [0, 0.05) is 24.6 Å². The summed E-state index contributed by atoms with van der Waals surface area (Å²) >= 11 is 1.27. The molecule has 1 aromatic heterocycles. The molecule has 174 valence electrons. The van der Waals surface area contributed by atoms with Crippen LogP contribution in [0.4, 0.5) is 5.00 Å². The number of rotatable bonds is 5. The number of anilines is 1. The van der Waals surface area contributed by atoms with Gasteiger partial charge in [-0.15, -0.1) is 0 Å². The lowest BCUT2D eigenvalue weighted by Crippen LogP contribution is -2.27. The summed E-state index contributed by atoms with van der Waals surface area (Å²) in [6, 6.07) is 0.398. The summed E-state index contributed by atoms with van der Waals surface area (Å²) in [5, 5.41) is 0.772. The molecule has 0 atom stereocenters. The van der Waals surface area contributed by atoms with Crippen molar-refractivity contribution < 1.29 is 14.3 Å². The quantitative estimate of drug-likeness (QED) is 0.604. The molecule has 1 N–H and O–H groups in total. The van der Waals surface area contributed by atoms with Crippen molar-refractivity contribution in [3.05, 3.63) is 85.7 Å². The van der Waals surface area contributed by atoms with Crippen molar-refractivity contribution >= 4 is 22.3 Å². The zero-order chi connectivity index (χ0) is 23.7. The minimum absolute atomic E-state index is 0.203. The third kappa shape index (κ3) is 4.42. The number of hydrogen-bond acceptors (Lipinski definition) is 6. The minimum Gasteiger partial charge on any atom is -0.497 e. The standard InChI is InChI=1S/C26H30N2O4S/c1-6-17-14-28(19-9-10-19)26-23(25(30)27-33-26)24(29)20(17)13-15(2)16(3)18-7-11-21(31-4)22(32-5)12-8-18/h6-8,11,13,19H,9-10,12,14H2,1-5H3,(H,27,30)/b16-15+,17-6-,20-13+. The average molecular weight is 467 g/mol. The van der Waals surface area contributed by atoms with Crippen LogP contribution in [0.15, 0.2) is 74.6 Å². The van der Waals surface area contributed by atoms with E-state index < -0.39 is 0 Å². The number of methoxy groups -OCH3 is 2. The number of carbonyl (C=O) groups excluding carboxylic acids is 1. The Bertz CT molecular complexity index is 1220. The molecule has 0 amide bonds. The highest BCUT2D eigenvalue weighted by Gasteiger charge is 2.38. The van der Waals surface area contributed by atoms with Crippen LogP contribution in [0, 0.1) is 0 Å². The molecular weight excluding hydrogens is 436 g/mol. The molecule has 6 nitrogen and oxygen atoms in total. The van der Waals surface area contributed by atoms with Crippen LogP contribution in [-0.4, -0.2) is 37.0 Å². The maximum absolute atomic E-state index is 13.6. The number of aromatic nitrogens is 1. The number of nitrogens with one attached hydrogen (secondary N) is 1. The van der Waals surface area contributed by atoms with E-state index in [9.17, 15) is 9.59 Å². The SMILES string of the molecule is C/C=C1/CN(C2CC2)c2s[nH]c(=O)c2C(=O)/C1=C/C(C)=C(\C)C1=CCC(OC)=C(OC)C=C1. The number of nitrogens with zero attached hydrogens (tertiary/aromatic N) is 1. The smallest absolute Gasteiger partial charge is 0.271 e. The summed E-state index contributed by atoms with van der Waals surface area (Å²) in [5.41, 5.74) is 4.59. The van der Waals surface area contributed by atoms with Gasteiger partial charge in [0.15, 0.2) is 5.76 Å². The molecule has 0 spiro atoms. The normalized spacial score (nSPS) is 22.2. The van der Waals surface area contributed by atoms with Crippen LogP contribution in [0.1, 0.15) is 50.4 Å². The Kier molecular flexibility index (Phi) is 6.61. The molecule has 0 radical (unpaired) electrons. The lowest BCUT2D eigenvalue weighted by Gasteiger charge is -2.22. The van der Waals surface area contributed by atoms with Gasteiger partial charge in [0.2, 0.25) is 5.78 Å². The van der Waals surface area contributed by atoms with E-state index in [1.54, 1.807) is 14.2 Å². The van der Waals surface area contributed by atoms with Crippen molar-refractivity contribution in [1.29, 1.82) is 0 Å². The van der Waals surface area contributed by atoms with Crippen LogP contribution in [0.25, 0.3) is 0 Å². The number of hydrogen-bond donors (Lipinski definition) is 1. The van der Waals surface area contributed by atoms with Gasteiger partial charge in [0.1, 0.15) is 16.3 Å². The monoisotopic (exact) mass is 466 g/mol. The van der Waals surface area contributed by atoms with Crippen LogP contribution in [-0.2, 0) is 9.47 Å². The summed E-state index contributed by atoms with van der Waals surface area (Å²) in [5.74, 6) is 1.27.